The predicted molar refractivity (Wildman–Crippen MR) is 104 cm³/mol. The monoisotopic (exact) mass is 322 g/mol. The van der Waals surface area contributed by atoms with Crippen molar-refractivity contribution >= 4 is 0 Å². The van der Waals surface area contributed by atoms with Crippen molar-refractivity contribution < 1.29 is 0 Å². The van der Waals surface area contributed by atoms with Gasteiger partial charge in [-0.15, -0.1) is 0 Å². The zero-order valence-electron chi connectivity index (χ0n) is 14.2. The first-order valence-electron chi connectivity index (χ1n) is 9.23. The number of allylic oxidation sites excluding steroid dienone is 8. The molecule has 0 heteroatoms. The zero-order valence-corrected chi connectivity index (χ0v) is 14.2. The molecule has 2 aromatic rings. The zero-order chi connectivity index (χ0) is 16.7. The minimum Gasteiger partial charge on any atom is -0.0802 e. The Morgan fingerprint density at radius 2 is 0.880 bits per heavy atom. The van der Waals surface area contributed by atoms with Gasteiger partial charge >= 0.3 is 0 Å². The van der Waals surface area contributed by atoms with E-state index in [1.165, 1.54) is 11.1 Å². The van der Waals surface area contributed by atoms with Crippen LogP contribution in [0.1, 0.15) is 11.1 Å². The summed E-state index contributed by atoms with van der Waals surface area (Å²) >= 11 is 0. The van der Waals surface area contributed by atoms with Crippen molar-refractivity contribution in [2.75, 3.05) is 0 Å². The Morgan fingerprint density at radius 3 is 1.32 bits per heavy atom. The van der Waals surface area contributed by atoms with Gasteiger partial charge in [0.2, 0.25) is 0 Å². The van der Waals surface area contributed by atoms with Gasteiger partial charge in [-0.1, -0.05) is 109 Å². The molecule has 122 valence electrons. The van der Waals surface area contributed by atoms with Crippen molar-refractivity contribution in [3.63, 3.8) is 0 Å². The molecule has 0 radical (unpaired) electrons. The van der Waals surface area contributed by atoms with Crippen LogP contribution in [0.25, 0.3) is 0 Å². The highest BCUT2D eigenvalue weighted by Gasteiger charge is 2.58. The number of rotatable bonds is 2. The standard InChI is InChI=1S/C25H22/c1-3-11-19(12-4-1)25(20-13-5-2-6-14-20)23-17-9-7-15-21(23)22-16-8-10-18-24(22)25/h1-18,21-24H. The lowest BCUT2D eigenvalue weighted by Gasteiger charge is -2.41. The van der Waals surface area contributed by atoms with Crippen molar-refractivity contribution in [3.8, 4) is 0 Å². The third-order valence-electron chi connectivity index (χ3n) is 6.35. The van der Waals surface area contributed by atoms with E-state index in [-0.39, 0.29) is 5.41 Å². The summed E-state index contributed by atoms with van der Waals surface area (Å²) < 4.78 is 0. The van der Waals surface area contributed by atoms with Gasteiger partial charge < -0.3 is 0 Å². The number of benzene rings is 2. The Kier molecular flexibility index (Phi) is 3.38. The summed E-state index contributed by atoms with van der Waals surface area (Å²) in [5, 5.41) is 0. The lowest BCUT2D eigenvalue weighted by atomic mass is 9.61. The Labute approximate surface area is 149 Å². The molecule has 0 nitrogen and oxygen atoms in total. The van der Waals surface area contributed by atoms with Gasteiger partial charge in [0.05, 0.1) is 0 Å². The number of hydrogen-bond donors (Lipinski definition) is 0. The highest BCUT2D eigenvalue weighted by molar-refractivity contribution is 5.50. The summed E-state index contributed by atoms with van der Waals surface area (Å²) in [6, 6.07) is 22.3. The summed E-state index contributed by atoms with van der Waals surface area (Å²) in [6.45, 7) is 0. The summed E-state index contributed by atoms with van der Waals surface area (Å²) in [7, 11) is 0. The van der Waals surface area contributed by atoms with Gasteiger partial charge in [-0.2, -0.15) is 0 Å². The van der Waals surface area contributed by atoms with Crippen LogP contribution in [0.3, 0.4) is 0 Å². The molecule has 0 aliphatic heterocycles. The molecular weight excluding hydrogens is 300 g/mol. The Morgan fingerprint density at radius 1 is 0.480 bits per heavy atom. The third kappa shape index (κ3) is 2.00. The van der Waals surface area contributed by atoms with Crippen LogP contribution in [0.15, 0.2) is 109 Å². The molecule has 0 saturated heterocycles. The van der Waals surface area contributed by atoms with Crippen LogP contribution in [0.5, 0.6) is 0 Å². The number of hydrogen-bond acceptors (Lipinski definition) is 0. The fourth-order valence-electron chi connectivity index (χ4n) is 5.48. The van der Waals surface area contributed by atoms with E-state index in [4.69, 9.17) is 0 Å². The smallest absolute Gasteiger partial charge is 0.0339 e. The van der Waals surface area contributed by atoms with E-state index in [2.05, 4.69) is 109 Å². The van der Waals surface area contributed by atoms with Crippen molar-refractivity contribution in [2.24, 2.45) is 23.7 Å². The van der Waals surface area contributed by atoms with E-state index in [9.17, 15) is 0 Å². The van der Waals surface area contributed by atoms with Crippen molar-refractivity contribution in [1.29, 1.82) is 0 Å². The highest BCUT2D eigenvalue weighted by atomic mass is 14.6. The summed E-state index contributed by atoms with van der Waals surface area (Å²) in [5.41, 5.74) is 2.85. The van der Waals surface area contributed by atoms with Gasteiger partial charge in [-0.3, -0.25) is 0 Å². The lowest BCUT2D eigenvalue weighted by molar-refractivity contribution is 0.362. The average molecular weight is 322 g/mol. The summed E-state index contributed by atoms with van der Waals surface area (Å²) in [4.78, 5) is 0. The number of fused-ring (bicyclic) bond motifs is 3. The second-order valence-electron chi connectivity index (χ2n) is 7.35. The second-order valence-corrected chi connectivity index (χ2v) is 7.35. The molecule has 25 heavy (non-hydrogen) atoms. The van der Waals surface area contributed by atoms with Crippen LogP contribution >= 0.6 is 0 Å². The molecule has 0 heterocycles. The van der Waals surface area contributed by atoms with E-state index < -0.39 is 0 Å². The van der Waals surface area contributed by atoms with E-state index >= 15 is 0 Å². The van der Waals surface area contributed by atoms with E-state index in [1.807, 2.05) is 0 Å². The van der Waals surface area contributed by atoms with E-state index in [0.717, 1.165) is 0 Å². The van der Waals surface area contributed by atoms with Gasteiger partial charge in [-0.05, 0) is 34.8 Å². The molecule has 4 atom stereocenters. The molecule has 0 N–H and O–H groups in total. The Balaban J connectivity index is 1.83. The molecule has 0 aromatic heterocycles. The molecular formula is C25H22. The normalized spacial score (nSPS) is 30.9. The molecule has 0 bridgehead atoms. The quantitative estimate of drug-likeness (QED) is 0.665. The molecule has 4 unspecified atom stereocenters. The molecule has 0 amide bonds. The maximum Gasteiger partial charge on any atom is 0.0339 e. The SMILES string of the molecule is C1=CC2C3C=CC=CC3C(c3ccccc3)(c3ccccc3)C2C=C1. The summed E-state index contributed by atoms with van der Waals surface area (Å²) in [5.74, 6) is 2.06. The third-order valence-corrected chi connectivity index (χ3v) is 6.35. The van der Waals surface area contributed by atoms with Crippen LogP contribution < -0.4 is 0 Å². The van der Waals surface area contributed by atoms with Crippen LogP contribution in [0, 0.1) is 23.7 Å². The van der Waals surface area contributed by atoms with E-state index in [0.29, 0.717) is 23.7 Å². The van der Waals surface area contributed by atoms with Gasteiger partial charge in [-0.25, -0.2) is 0 Å². The summed E-state index contributed by atoms with van der Waals surface area (Å²) in [6.07, 6.45) is 18.7. The topological polar surface area (TPSA) is 0 Å². The predicted octanol–water partition coefficient (Wildman–Crippen LogP) is 5.70. The van der Waals surface area contributed by atoms with E-state index in [1.54, 1.807) is 0 Å². The maximum absolute atomic E-state index is 2.45. The van der Waals surface area contributed by atoms with Gasteiger partial charge in [0, 0.05) is 5.41 Å². The first-order chi connectivity index (χ1) is 12.4. The van der Waals surface area contributed by atoms with Gasteiger partial charge in [0.25, 0.3) is 0 Å². The molecule has 1 saturated carbocycles. The molecule has 1 fully saturated rings. The van der Waals surface area contributed by atoms with Crippen LogP contribution in [0.2, 0.25) is 0 Å². The average Bonchev–Trinajstić information content (AvgIpc) is 3.01. The fourth-order valence-corrected chi connectivity index (χ4v) is 5.48. The van der Waals surface area contributed by atoms with Gasteiger partial charge in [0.15, 0.2) is 0 Å². The van der Waals surface area contributed by atoms with Crippen LogP contribution in [-0.4, -0.2) is 0 Å². The molecule has 3 aliphatic rings. The lowest BCUT2D eigenvalue weighted by Crippen LogP contribution is -2.38. The van der Waals surface area contributed by atoms with Crippen molar-refractivity contribution in [2.45, 2.75) is 5.41 Å². The molecule has 3 aliphatic carbocycles. The minimum absolute atomic E-state index is 0.0135. The molecule has 0 spiro atoms. The van der Waals surface area contributed by atoms with Crippen LogP contribution in [-0.2, 0) is 5.41 Å². The Hall–Kier alpha value is -2.60. The first-order valence-corrected chi connectivity index (χ1v) is 9.23. The fraction of sp³-hybridized carbons (Fsp3) is 0.200. The largest absolute Gasteiger partial charge is 0.0802 e. The highest BCUT2D eigenvalue weighted by Crippen LogP contribution is 2.62. The van der Waals surface area contributed by atoms with Crippen molar-refractivity contribution in [3.05, 3.63) is 120 Å². The van der Waals surface area contributed by atoms with Crippen molar-refractivity contribution in [1.82, 2.24) is 0 Å². The first kappa shape index (κ1) is 14.7. The second kappa shape index (κ2) is 5.74. The van der Waals surface area contributed by atoms with Gasteiger partial charge in [0.1, 0.15) is 0 Å². The maximum atomic E-state index is 2.45. The minimum atomic E-state index is -0.0135. The molecule has 2 aromatic carbocycles. The van der Waals surface area contributed by atoms with Crippen LogP contribution in [0.4, 0.5) is 0 Å². The Bertz CT molecular complexity index is 791. The molecule has 5 rings (SSSR count).